The summed E-state index contributed by atoms with van der Waals surface area (Å²) in [6.45, 7) is 9.73. The highest BCUT2D eigenvalue weighted by atomic mass is 127. The summed E-state index contributed by atoms with van der Waals surface area (Å²) in [6.07, 6.45) is 18.1. The van der Waals surface area contributed by atoms with Crippen molar-refractivity contribution in [1.82, 2.24) is 3.11 Å². The van der Waals surface area contributed by atoms with E-state index in [0.29, 0.717) is 11.3 Å². The molecule has 0 aromatic carbocycles. The molecule has 0 radical (unpaired) electrons. The van der Waals surface area contributed by atoms with Gasteiger partial charge < -0.3 is 4.74 Å². The van der Waals surface area contributed by atoms with E-state index in [-0.39, 0.29) is 0 Å². The fourth-order valence-electron chi connectivity index (χ4n) is 3.74. The second kappa shape index (κ2) is 12.7. The lowest BCUT2D eigenvalue weighted by molar-refractivity contribution is 0.106. The third-order valence-corrected chi connectivity index (χ3v) is 6.59. The zero-order chi connectivity index (χ0) is 20.4. The van der Waals surface area contributed by atoms with E-state index in [4.69, 9.17) is 4.74 Å². The molecule has 0 aliphatic carbocycles. The van der Waals surface area contributed by atoms with Gasteiger partial charge in [-0.3, -0.25) is 3.11 Å². The number of hydrogen-bond donors (Lipinski definition) is 0. The van der Waals surface area contributed by atoms with E-state index in [1.807, 2.05) is 0 Å². The smallest absolute Gasteiger partial charge is 0.145 e. The molecule has 0 fully saturated rings. The van der Waals surface area contributed by atoms with Crippen molar-refractivity contribution in [3.8, 4) is 0 Å². The van der Waals surface area contributed by atoms with E-state index in [2.05, 4.69) is 79.8 Å². The Hall–Kier alpha value is 0.120. The van der Waals surface area contributed by atoms with Crippen molar-refractivity contribution in [2.75, 3.05) is 19.8 Å². The van der Waals surface area contributed by atoms with Crippen LogP contribution < -0.4 is 0 Å². The summed E-state index contributed by atoms with van der Waals surface area (Å²) in [6, 6.07) is 0. The first kappa shape index (κ1) is 24.4. The maximum absolute atomic E-state index is 5.95. The molecule has 0 aromatic rings. The fourth-order valence-corrected chi connectivity index (χ4v) is 5.05. The number of aliphatic imine (C=N–C) groups is 1. The van der Waals surface area contributed by atoms with Crippen LogP contribution in [0.2, 0.25) is 0 Å². The largest absolute Gasteiger partial charge is 0.381 e. The van der Waals surface area contributed by atoms with Crippen LogP contribution in [0.3, 0.4) is 0 Å². The molecule has 2 aliphatic heterocycles. The molecule has 0 saturated heterocycles. The Kier molecular flexibility index (Phi) is 11.1. The summed E-state index contributed by atoms with van der Waals surface area (Å²) in [5.41, 5.74) is 1.73. The van der Waals surface area contributed by atoms with Crippen molar-refractivity contribution in [2.24, 2.45) is 16.3 Å². The number of fused-ring (bicyclic) bond motifs is 1. The standard InChI is InChI=1S/C23H38BrIN2O/c1-23(2,3)13-11-9-7-5-4-6-8-10-12-14-28-18-19-15-20-16-21(24)26-22(20)27(25)17-19/h15-16,19H,4-14,17-18H2,1-3H3. The van der Waals surface area contributed by atoms with Crippen molar-refractivity contribution in [3.05, 3.63) is 22.3 Å². The van der Waals surface area contributed by atoms with E-state index in [1.165, 1.54) is 69.8 Å². The van der Waals surface area contributed by atoms with Crippen LogP contribution in [0.1, 0.15) is 85.0 Å². The molecule has 5 heteroatoms. The van der Waals surface area contributed by atoms with Gasteiger partial charge >= 0.3 is 0 Å². The van der Waals surface area contributed by atoms with E-state index in [9.17, 15) is 0 Å². The second-order valence-electron chi connectivity index (χ2n) is 9.40. The van der Waals surface area contributed by atoms with Gasteiger partial charge in [-0.05, 0) is 40.3 Å². The SMILES string of the molecule is CC(C)(C)CCCCCCCCCCCOCC1C=C2C=C(Br)N=C2N(I)C1. The lowest BCUT2D eigenvalue weighted by Gasteiger charge is -2.27. The van der Waals surface area contributed by atoms with Crippen LogP contribution in [0.15, 0.2) is 27.3 Å². The molecule has 3 nitrogen and oxygen atoms in total. The summed E-state index contributed by atoms with van der Waals surface area (Å²) >= 11 is 5.82. The predicted octanol–water partition coefficient (Wildman–Crippen LogP) is 7.81. The molecule has 1 unspecified atom stereocenters. The summed E-state index contributed by atoms with van der Waals surface area (Å²) in [5.74, 6) is 1.52. The molecule has 0 saturated carbocycles. The van der Waals surface area contributed by atoms with E-state index < -0.39 is 0 Å². The number of ether oxygens (including phenoxy) is 1. The minimum Gasteiger partial charge on any atom is -0.381 e. The molecular formula is C23H38BrIN2O. The molecule has 0 aromatic heterocycles. The van der Waals surface area contributed by atoms with Gasteiger partial charge in [-0.1, -0.05) is 78.2 Å². The lowest BCUT2D eigenvalue weighted by atomic mass is 9.89. The number of unbranched alkanes of at least 4 members (excludes halogenated alkanes) is 8. The minimum atomic E-state index is 0.457. The molecule has 2 rings (SSSR count). The third-order valence-electron chi connectivity index (χ3n) is 5.33. The Morgan fingerprint density at radius 2 is 1.68 bits per heavy atom. The van der Waals surface area contributed by atoms with Crippen molar-refractivity contribution in [3.63, 3.8) is 0 Å². The van der Waals surface area contributed by atoms with Crippen LogP contribution >= 0.6 is 38.8 Å². The highest BCUT2D eigenvalue weighted by Crippen LogP contribution is 2.30. The highest BCUT2D eigenvalue weighted by molar-refractivity contribution is 14.1. The normalized spacial score (nSPS) is 19.4. The van der Waals surface area contributed by atoms with Gasteiger partial charge in [0.25, 0.3) is 0 Å². The molecule has 28 heavy (non-hydrogen) atoms. The van der Waals surface area contributed by atoms with Gasteiger partial charge in [-0.25, -0.2) is 4.99 Å². The summed E-state index contributed by atoms with van der Waals surface area (Å²) < 4.78 is 9.07. The molecule has 0 spiro atoms. The summed E-state index contributed by atoms with van der Waals surface area (Å²) in [5, 5.41) is 0. The van der Waals surface area contributed by atoms with Gasteiger partial charge in [0, 0.05) is 24.6 Å². The lowest BCUT2D eigenvalue weighted by Crippen LogP contribution is -2.33. The molecule has 0 N–H and O–H groups in total. The van der Waals surface area contributed by atoms with Crippen molar-refractivity contribution >= 4 is 44.6 Å². The quantitative estimate of drug-likeness (QED) is 0.0986. The van der Waals surface area contributed by atoms with Crippen LogP contribution in [0.5, 0.6) is 0 Å². The van der Waals surface area contributed by atoms with Gasteiger partial charge in [0.05, 0.1) is 29.5 Å². The number of nitrogens with zero attached hydrogens (tertiary/aromatic N) is 2. The first-order valence-electron chi connectivity index (χ1n) is 11.0. The van der Waals surface area contributed by atoms with Crippen LogP contribution in [-0.2, 0) is 4.74 Å². The highest BCUT2D eigenvalue weighted by Gasteiger charge is 2.26. The second-order valence-corrected chi connectivity index (χ2v) is 11.4. The van der Waals surface area contributed by atoms with Crippen LogP contribution in [0, 0.1) is 11.3 Å². The van der Waals surface area contributed by atoms with E-state index in [0.717, 1.165) is 30.2 Å². The third kappa shape index (κ3) is 9.75. The Morgan fingerprint density at radius 1 is 1.07 bits per heavy atom. The van der Waals surface area contributed by atoms with Gasteiger partial charge in [-0.15, -0.1) is 0 Å². The summed E-state index contributed by atoms with van der Waals surface area (Å²) in [4.78, 5) is 4.51. The van der Waals surface area contributed by atoms with Crippen LogP contribution in [0.4, 0.5) is 0 Å². The molecule has 0 bridgehead atoms. The van der Waals surface area contributed by atoms with Crippen molar-refractivity contribution < 1.29 is 4.74 Å². The zero-order valence-corrected chi connectivity index (χ0v) is 21.7. The van der Waals surface area contributed by atoms with Crippen LogP contribution in [-0.4, -0.2) is 28.7 Å². The number of hydrogen-bond acceptors (Lipinski definition) is 3. The van der Waals surface area contributed by atoms with Gasteiger partial charge in [-0.2, -0.15) is 0 Å². The molecule has 160 valence electrons. The van der Waals surface area contributed by atoms with Gasteiger partial charge in [0.2, 0.25) is 0 Å². The molecular weight excluding hydrogens is 527 g/mol. The number of rotatable bonds is 13. The number of amidine groups is 1. The van der Waals surface area contributed by atoms with Crippen molar-refractivity contribution in [1.29, 1.82) is 0 Å². The topological polar surface area (TPSA) is 24.8 Å². The Labute approximate surface area is 195 Å². The molecule has 2 heterocycles. The monoisotopic (exact) mass is 564 g/mol. The Balaban J connectivity index is 1.40. The van der Waals surface area contributed by atoms with E-state index >= 15 is 0 Å². The minimum absolute atomic E-state index is 0.457. The van der Waals surface area contributed by atoms with Gasteiger partial charge in [0.1, 0.15) is 10.4 Å². The predicted molar refractivity (Wildman–Crippen MR) is 133 cm³/mol. The van der Waals surface area contributed by atoms with Crippen molar-refractivity contribution in [2.45, 2.75) is 85.0 Å². The number of halogens is 2. The van der Waals surface area contributed by atoms with E-state index in [1.54, 1.807) is 0 Å². The molecule has 0 amide bonds. The first-order chi connectivity index (χ1) is 13.3. The Bertz CT molecular complexity index is 565. The molecule has 1 atom stereocenters. The first-order valence-corrected chi connectivity index (χ1v) is 12.8. The maximum atomic E-state index is 5.95. The Morgan fingerprint density at radius 3 is 2.32 bits per heavy atom. The zero-order valence-electron chi connectivity index (χ0n) is 18.0. The average molecular weight is 565 g/mol. The molecule has 2 aliphatic rings. The average Bonchev–Trinajstić information content (AvgIpc) is 2.99. The van der Waals surface area contributed by atoms with Gasteiger partial charge in [0.15, 0.2) is 0 Å². The summed E-state index contributed by atoms with van der Waals surface area (Å²) in [7, 11) is 0. The maximum Gasteiger partial charge on any atom is 0.145 e. The van der Waals surface area contributed by atoms with Crippen LogP contribution in [0.25, 0.3) is 0 Å². The fraction of sp³-hybridized carbons (Fsp3) is 0.783.